The lowest BCUT2D eigenvalue weighted by Crippen LogP contribution is -2.13. The van der Waals surface area contributed by atoms with E-state index in [0.29, 0.717) is 5.76 Å². The second kappa shape index (κ2) is 4.16. The molecule has 19 heavy (non-hydrogen) atoms. The molecule has 0 aliphatic heterocycles. The Bertz CT molecular complexity index is 782. The maximum atomic E-state index is 11.7. The molecule has 0 saturated carbocycles. The molecule has 2 aromatic heterocycles. The summed E-state index contributed by atoms with van der Waals surface area (Å²) < 4.78 is 6.81. The van der Waals surface area contributed by atoms with Crippen LogP contribution >= 0.6 is 0 Å². The first-order valence-corrected chi connectivity index (χ1v) is 5.74. The van der Waals surface area contributed by atoms with Crippen LogP contribution in [0.3, 0.4) is 0 Å². The molecule has 0 bridgehead atoms. The number of anilines is 1. The molecule has 96 valence electrons. The third kappa shape index (κ3) is 2.03. The molecule has 0 aliphatic rings. The van der Waals surface area contributed by atoms with Crippen molar-refractivity contribution in [2.24, 2.45) is 0 Å². The number of aromatic nitrogens is 3. The molecule has 1 aromatic carbocycles. The van der Waals surface area contributed by atoms with E-state index >= 15 is 0 Å². The molecule has 0 radical (unpaired) electrons. The van der Waals surface area contributed by atoms with Gasteiger partial charge in [-0.05, 0) is 19.1 Å². The van der Waals surface area contributed by atoms with Crippen LogP contribution in [0.1, 0.15) is 5.69 Å². The quantitative estimate of drug-likeness (QED) is 0.730. The van der Waals surface area contributed by atoms with Gasteiger partial charge in [0.05, 0.1) is 11.9 Å². The van der Waals surface area contributed by atoms with E-state index in [0.717, 1.165) is 16.9 Å². The molecule has 3 rings (SSSR count). The number of hydrogen-bond acceptors (Lipinski definition) is 4. The van der Waals surface area contributed by atoms with Gasteiger partial charge in [0.15, 0.2) is 5.76 Å². The summed E-state index contributed by atoms with van der Waals surface area (Å²) in [5.41, 5.74) is 7.65. The van der Waals surface area contributed by atoms with E-state index in [2.05, 4.69) is 9.97 Å². The van der Waals surface area contributed by atoms with E-state index < -0.39 is 0 Å². The van der Waals surface area contributed by atoms with Gasteiger partial charge in [0.25, 0.3) is 6.01 Å². The summed E-state index contributed by atoms with van der Waals surface area (Å²) in [5.74, 6) is 0.569. The molecule has 0 spiro atoms. The van der Waals surface area contributed by atoms with Crippen LogP contribution in [0.5, 0.6) is 0 Å². The number of H-pyrrole nitrogens is 1. The molecule has 0 amide bonds. The van der Waals surface area contributed by atoms with Gasteiger partial charge >= 0.3 is 5.69 Å². The molecule has 6 nitrogen and oxygen atoms in total. The summed E-state index contributed by atoms with van der Waals surface area (Å²) in [6, 6.07) is 7.52. The molecule has 0 aliphatic carbocycles. The highest BCUT2D eigenvalue weighted by Crippen LogP contribution is 2.23. The van der Waals surface area contributed by atoms with E-state index in [1.54, 1.807) is 17.0 Å². The molecule has 3 aromatic rings. The first-order chi connectivity index (χ1) is 9.13. The third-order valence-corrected chi connectivity index (χ3v) is 2.78. The number of rotatable bonds is 2. The largest absolute Gasteiger partial charge is 0.424 e. The van der Waals surface area contributed by atoms with Crippen LogP contribution in [-0.2, 0) is 0 Å². The Balaban J connectivity index is 2.10. The van der Waals surface area contributed by atoms with Gasteiger partial charge in [-0.3, -0.25) is 4.57 Å². The van der Waals surface area contributed by atoms with Crippen molar-refractivity contribution in [1.82, 2.24) is 14.5 Å². The summed E-state index contributed by atoms with van der Waals surface area (Å²) in [4.78, 5) is 18.3. The van der Waals surface area contributed by atoms with Gasteiger partial charge in [0.1, 0.15) is 0 Å². The molecule has 0 atom stereocenters. The second-order valence-electron chi connectivity index (χ2n) is 4.23. The fourth-order valence-corrected chi connectivity index (χ4v) is 1.94. The molecule has 0 saturated heterocycles. The number of nitrogens with zero attached hydrogens (tertiary/aromatic N) is 2. The van der Waals surface area contributed by atoms with Crippen LogP contribution in [0.4, 0.5) is 6.01 Å². The second-order valence-corrected chi connectivity index (χ2v) is 4.23. The minimum Gasteiger partial charge on any atom is -0.424 e. The zero-order valence-corrected chi connectivity index (χ0v) is 10.3. The first kappa shape index (κ1) is 11.3. The van der Waals surface area contributed by atoms with Crippen molar-refractivity contribution in [2.45, 2.75) is 6.92 Å². The minimum atomic E-state index is -0.174. The van der Waals surface area contributed by atoms with Gasteiger partial charge < -0.3 is 15.1 Å². The zero-order chi connectivity index (χ0) is 13.4. The SMILES string of the molecule is Cc1cn(-c2cccc(-c3cnc(N)o3)c2)c(=O)[nH]1. The molecule has 3 N–H and O–H groups in total. The Labute approximate surface area is 108 Å². The van der Waals surface area contributed by atoms with Gasteiger partial charge in [0, 0.05) is 17.5 Å². The summed E-state index contributed by atoms with van der Waals surface area (Å²) >= 11 is 0. The average molecular weight is 256 g/mol. The van der Waals surface area contributed by atoms with Gasteiger partial charge in [-0.1, -0.05) is 12.1 Å². The van der Waals surface area contributed by atoms with Crippen molar-refractivity contribution in [2.75, 3.05) is 5.73 Å². The van der Waals surface area contributed by atoms with E-state index in [-0.39, 0.29) is 11.7 Å². The summed E-state index contributed by atoms with van der Waals surface area (Å²) in [6.45, 7) is 1.83. The molecule has 6 heteroatoms. The van der Waals surface area contributed by atoms with E-state index in [1.165, 1.54) is 0 Å². The van der Waals surface area contributed by atoms with Crippen molar-refractivity contribution in [3.05, 3.63) is 52.8 Å². The van der Waals surface area contributed by atoms with Crippen LogP contribution < -0.4 is 11.4 Å². The zero-order valence-electron chi connectivity index (χ0n) is 10.3. The summed E-state index contributed by atoms with van der Waals surface area (Å²) in [5, 5.41) is 0. The van der Waals surface area contributed by atoms with Crippen molar-refractivity contribution >= 4 is 6.01 Å². The number of nitrogen functional groups attached to an aromatic ring is 1. The maximum absolute atomic E-state index is 11.7. The van der Waals surface area contributed by atoms with Crippen LogP contribution in [0, 0.1) is 6.92 Å². The van der Waals surface area contributed by atoms with Crippen molar-refractivity contribution < 1.29 is 4.42 Å². The fraction of sp³-hybridized carbons (Fsp3) is 0.0769. The van der Waals surface area contributed by atoms with E-state index in [1.807, 2.05) is 31.2 Å². The Kier molecular flexibility index (Phi) is 2.49. The first-order valence-electron chi connectivity index (χ1n) is 5.74. The predicted molar refractivity (Wildman–Crippen MR) is 71.0 cm³/mol. The fourth-order valence-electron chi connectivity index (χ4n) is 1.94. The monoisotopic (exact) mass is 256 g/mol. The molecular formula is C13H12N4O2. The maximum Gasteiger partial charge on any atom is 0.330 e. The van der Waals surface area contributed by atoms with E-state index in [4.69, 9.17) is 10.2 Å². The Morgan fingerprint density at radius 2 is 2.26 bits per heavy atom. The van der Waals surface area contributed by atoms with E-state index in [9.17, 15) is 4.79 Å². The van der Waals surface area contributed by atoms with Crippen LogP contribution in [-0.4, -0.2) is 14.5 Å². The lowest BCUT2D eigenvalue weighted by molar-refractivity contribution is 0.595. The Hall–Kier alpha value is -2.76. The highest BCUT2D eigenvalue weighted by atomic mass is 16.4. The molecule has 0 fully saturated rings. The summed E-state index contributed by atoms with van der Waals surface area (Å²) in [6.07, 6.45) is 3.30. The third-order valence-electron chi connectivity index (χ3n) is 2.78. The van der Waals surface area contributed by atoms with Crippen LogP contribution in [0.15, 0.2) is 45.9 Å². The number of nitrogens with two attached hydrogens (primary N) is 1. The number of benzene rings is 1. The molecule has 0 unspecified atom stereocenters. The highest BCUT2D eigenvalue weighted by molar-refractivity contribution is 5.60. The number of aromatic amines is 1. The number of aryl methyl sites for hydroxylation is 1. The number of oxazole rings is 1. The van der Waals surface area contributed by atoms with Gasteiger partial charge in [0.2, 0.25) is 0 Å². The highest BCUT2D eigenvalue weighted by Gasteiger charge is 2.07. The van der Waals surface area contributed by atoms with Gasteiger partial charge in [-0.2, -0.15) is 0 Å². The number of nitrogens with one attached hydrogen (secondary N) is 1. The van der Waals surface area contributed by atoms with Gasteiger partial charge in [-0.25, -0.2) is 9.78 Å². The van der Waals surface area contributed by atoms with Crippen LogP contribution in [0.25, 0.3) is 17.0 Å². The summed E-state index contributed by atoms with van der Waals surface area (Å²) in [7, 11) is 0. The van der Waals surface area contributed by atoms with Crippen molar-refractivity contribution in [1.29, 1.82) is 0 Å². The average Bonchev–Trinajstić information content (AvgIpc) is 2.96. The van der Waals surface area contributed by atoms with Crippen LogP contribution in [0.2, 0.25) is 0 Å². The normalized spacial score (nSPS) is 10.8. The lowest BCUT2D eigenvalue weighted by atomic mass is 10.1. The molecular weight excluding hydrogens is 244 g/mol. The van der Waals surface area contributed by atoms with Gasteiger partial charge in [-0.15, -0.1) is 0 Å². The number of hydrogen-bond donors (Lipinski definition) is 2. The minimum absolute atomic E-state index is 0.120. The topological polar surface area (TPSA) is 89.8 Å². The smallest absolute Gasteiger partial charge is 0.330 e. The predicted octanol–water partition coefficient (Wildman–Crippen LogP) is 1.71. The lowest BCUT2D eigenvalue weighted by Gasteiger charge is -2.02. The Morgan fingerprint density at radius 1 is 1.42 bits per heavy atom. The van der Waals surface area contributed by atoms with Crippen molar-refractivity contribution in [3.8, 4) is 17.0 Å². The molecule has 2 heterocycles. The standard InChI is InChI=1S/C13H12N4O2/c1-8-7-17(13(18)16-8)10-4-2-3-9(5-10)11-6-15-12(14)19-11/h2-7H,1H3,(H2,14,15)(H,16,18). The Morgan fingerprint density at radius 3 is 2.89 bits per heavy atom. The number of imidazole rings is 1. The van der Waals surface area contributed by atoms with Crippen molar-refractivity contribution in [3.63, 3.8) is 0 Å².